The van der Waals surface area contributed by atoms with Gasteiger partial charge in [-0.1, -0.05) is 18.2 Å². The zero-order valence-corrected chi connectivity index (χ0v) is 12.9. The molecule has 5 heteroatoms. The summed E-state index contributed by atoms with van der Waals surface area (Å²) < 4.78 is 11.3. The average molecular weight is 291 g/mol. The van der Waals surface area contributed by atoms with Crippen LogP contribution in [0.1, 0.15) is 31.0 Å². The fourth-order valence-electron chi connectivity index (χ4n) is 3.46. The van der Waals surface area contributed by atoms with Gasteiger partial charge < -0.3 is 9.47 Å². The first-order chi connectivity index (χ1) is 10.1. The van der Waals surface area contributed by atoms with Gasteiger partial charge in [0.15, 0.2) is 0 Å². The van der Waals surface area contributed by atoms with Crippen molar-refractivity contribution in [3.8, 4) is 5.75 Å². The average Bonchev–Trinajstić information content (AvgIpc) is 2.98. The lowest BCUT2D eigenvalue weighted by Gasteiger charge is -2.45. The van der Waals surface area contributed by atoms with Gasteiger partial charge in [0.25, 0.3) is 0 Å². The molecule has 0 amide bonds. The molecule has 2 aliphatic heterocycles. The van der Waals surface area contributed by atoms with Gasteiger partial charge in [-0.25, -0.2) is 0 Å². The van der Waals surface area contributed by atoms with Crippen LogP contribution in [0.25, 0.3) is 0 Å². The standard InChI is InChI=1S/C16H25N3O2/c1-16(2,19-7-10-20-11-8-19)15(18-17)13-5-3-4-12-6-9-21-14(12)13/h3-5,15,18H,6-11,17H2,1-2H3. The molecule has 1 saturated heterocycles. The highest BCUT2D eigenvalue weighted by Crippen LogP contribution is 2.39. The summed E-state index contributed by atoms with van der Waals surface area (Å²) in [5, 5.41) is 0. The van der Waals surface area contributed by atoms with E-state index in [-0.39, 0.29) is 11.6 Å². The van der Waals surface area contributed by atoms with Gasteiger partial charge in [0.05, 0.1) is 25.9 Å². The lowest BCUT2D eigenvalue weighted by atomic mass is 9.85. The number of ether oxygens (including phenoxy) is 2. The number of nitrogens with one attached hydrogen (secondary N) is 1. The van der Waals surface area contributed by atoms with Crippen molar-refractivity contribution in [3.05, 3.63) is 29.3 Å². The Morgan fingerprint density at radius 2 is 2.00 bits per heavy atom. The number of para-hydroxylation sites is 1. The van der Waals surface area contributed by atoms with Crippen molar-refractivity contribution in [2.24, 2.45) is 5.84 Å². The maximum absolute atomic E-state index is 5.93. The first-order valence-corrected chi connectivity index (χ1v) is 7.68. The van der Waals surface area contributed by atoms with E-state index < -0.39 is 0 Å². The summed E-state index contributed by atoms with van der Waals surface area (Å²) in [7, 11) is 0. The molecule has 1 unspecified atom stereocenters. The van der Waals surface area contributed by atoms with Crippen LogP contribution in [-0.4, -0.2) is 43.3 Å². The van der Waals surface area contributed by atoms with Crippen LogP contribution < -0.4 is 16.0 Å². The molecule has 3 N–H and O–H groups in total. The largest absolute Gasteiger partial charge is 0.493 e. The van der Waals surface area contributed by atoms with Gasteiger partial charge in [-0.05, 0) is 19.4 Å². The molecular formula is C16H25N3O2. The zero-order valence-electron chi connectivity index (χ0n) is 12.9. The van der Waals surface area contributed by atoms with E-state index in [1.54, 1.807) is 0 Å². The minimum absolute atomic E-state index is 0.0173. The van der Waals surface area contributed by atoms with Crippen LogP contribution in [0.2, 0.25) is 0 Å². The molecule has 1 aromatic rings. The molecule has 5 nitrogen and oxygen atoms in total. The highest BCUT2D eigenvalue weighted by Gasteiger charge is 2.38. The normalized spacial score (nSPS) is 20.9. The van der Waals surface area contributed by atoms with Crippen LogP contribution in [0.4, 0.5) is 0 Å². The van der Waals surface area contributed by atoms with Crippen LogP contribution in [0, 0.1) is 0 Å². The number of rotatable bonds is 4. The van der Waals surface area contributed by atoms with E-state index in [1.807, 2.05) is 0 Å². The molecule has 0 bridgehead atoms. The van der Waals surface area contributed by atoms with Crippen molar-refractivity contribution in [3.63, 3.8) is 0 Å². The quantitative estimate of drug-likeness (QED) is 0.645. The van der Waals surface area contributed by atoms with Gasteiger partial charge in [-0.3, -0.25) is 16.2 Å². The SMILES string of the molecule is CC(C)(C(NN)c1cccc2c1OCC2)N1CCOCC1. The molecule has 1 aromatic carbocycles. The lowest BCUT2D eigenvalue weighted by molar-refractivity contribution is -0.0241. The van der Waals surface area contributed by atoms with Gasteiger partial charge >= 0.3 is 0 Å². The number of hydrazine groups is 1. The van der Waals surface area contributed by atoms with Gasteiger partial charge in [0.1, 0.15) is 5.75 Å². The number of hydrogen-bond acceptors (Lipinski definition) is 5. The fourth-order valence-corrected chi connectivity index (χ4v) is 3.46. The highest BCUT2D eigenvalue weighted by molar-refractivity contribution is 5.46. The minimum Gasteiger partial charge on any atom is -0.493 e. The molecule has 2 aliphatic rings. The molecule has 0 aliphatic carbocycles. The maximum Gasteiger partial charge on any atom is 0.127 e. The maximum atomic E-state index is 5.93. The summed E-state index contributed by atoms with van der Waals surface area (Å²) in [6, 6.07) is 6.38. The van der Waals surface area contributed by atoms with Crippen LogP contribution in [-0.2, 0) is 11.2 Å². The van der Waals surface area contributed by atoms with E-state index in [0.717, 1.165) is 50.6 Å². The molecule has 0 spiro atoms. The summed E-state index contributed by atoms with van der Waals surface area (Å²) in [5.74, 6) is 6.94. The molecule has 2 heterocycles. The number of nitrogens with zero attached hydrogens (tertiary/aromatic N) is 1. The third-order valence-electron chi connectivity index (χ3n) is 4.76. The summed E-state index contributed by atoms with van der Waals surface area (Å²) >= 11 is 0. The predicted molar refractivity (Wildman–Crippen MR) is 82.2 cm³/mol. The van der Waals surface area contributed by atoms with E-state index >= 15 is 0 Å². The van der Waals surface area contributed by atoms with E-state index in [2.05, 4.69) is 42.4 Å². The third-order valence-corrected chi connectivity index (χ3v) is 4.76. The highest BCUT2D eigenvalue weighted by atomic mass is 16.5. The fraction of sp³-hybridized carbons (Fsp3) is 0.625. The van der Waals surface area contributed by atoms with Crippen molar-refractivity contribution >= 4 is 0 Å². The Kier molecular flexibility index (Phi) is 4.17. The van der Waals surface area contributed by atoms with E-state index in [0.29, 0.717) is 0 Å². The molecule has 0 aromatic heterocycles. The first-order valence-electron chi connectivity index (χ1n) is 7.68. The molecule has 3 rings (SSSR count). The Morgan fingerprint density at radius 3 is 2.71 bits per heavy atom. The smallest absolute Gasteiger partial charge is 0.127 e. The van der Waals surface area contributed by atoms with Crippen molar-refractivity contribution in [2.75, 3.05) is 32.9 Å². The van der Waals surface area contributed by atoms with E-state index in [1.165, 1.54) is 5.56 Å². The third kappa shape index (κ3) is 2.66. The second kappa shape index (κ2) is 5.93. The molecular weight excluding hydrogens is 266 g/mol. The van der Waals surface area contributed by atoms with E-state index in [9.17, 15) is 0 Å². The van der Waals surface area contributed by atoms with Gasteiger partial charge in [0.2, 0.25) is 0 Å². The second-order valence-corrected chi connectivity index (χ2v) is 6.29. The first kappa shape index (κ1) is 14.8. The Morgan fingerprint density at radius 1 is 1.24 bits per heavy atom. The van der Waals surface area contributed by atoms with Gasteiger partial charge in [-0.2, -0.15) is 0 Å². The number of morpholine rings is 1. The molecule has 0 radical (unpaired) electrons. The van der Waals surface area contributed by atoms with Crippen LogP contribution in [0.3, 0.4) is 0 Å². The molecule has 116 valence electrons. The lowest BCUT2D eigenvalue weighted by Crippen LogP contribution is -2.57. The summed E-state index contributed by atoms with van der Waals surface area (Å²) in [6.45, 7) is 8.66. The predicted octanol–water partition coefficient (Wildman–Crippen LogP) is 1.24. The Bertz CT molecular complexity index is 498. The summed E-state index contributed by atoms with van der Waals surface area (Å²) in [5.41, 5.74) is 5.35. The van der Waals surface area contributed by atoms with Crippen LogP contribution >= 0.6 is 0 Å². The monoisotopic (exact) mass is 291 g/mol. The molecule has 21 heavy (non-hydrogen) atoms. The van der Waals surface area contributed by atoms with Crippen LogP contribution in [0.15, 0.2) is 18.2 Å². The number of benzene rings is 1. The Hall–Kier alpha value is -1.14. The van der Waals surface area contributed by atoms with Crippen molar-refractivity contribution < 1.29 is 9.47 Å². The Labute approximate surface area is 126 Å². The number of nitrogens with two attached hydrogens (primary N) is 1. The van der Waals surface area contributed by atoms with Crippen molar-refractivity contribution in [2.45, 2.75) is 31.8 Å². The summed E-state index contributed by atoms with van der Waals surface area (Å²) in [6.07, 6.45) is 0.985. The second-order valence-electron chi connectivity index (χ2n) is 6.29. The van der Waals surface area contributed by atoms with Crippen LogP contribution in [0.5, 0.6) is 5.75 Å². The summed E-state index contributed by atoms with van der Waals surface area (Å²) in [4.78, 5) is 2.44. The topological polar surface area (TPSA) is 59.8 Å². The number of hydrogen-bond donors (Lipinski definition) is 2. The van der Waals surface area contributed by atoms with Gasteiger partial charge in [0, 0.05) is 30.6 Å². The zero-order chi connectivity index (χ0) is 14.9. The minimum atomic E-state index is -0.112. The Balaban J connectivity index is 1.92. The number of fused-ring (bicyclic) bond motifs is 1. The van der Waals surface area contributed by atoms with E-state index in [4.69, 9.17) is 15.3 Å². The van der Waals surface area contributed by atoms with Crippen molar-refractivity contribution in [1.82, 2.24) is 10.3 Å². The van der Waals surface area contributed by atoms with Gasteiger partial charge in [-0.15, -0.1) is 0 Å². The molecule has 0 saturated carbocycles. The van der Waals surface area contributed by atoms with Crippen molar-refractivity contribution in [1.29, 1.82) is 0 Å². The molecule has 1 atom stereocenters. The molecule has 1 fully saturated rings.